The minimum Gasteiger partial charge on any atom is -0.452 e. The van der Waals surface area contributed by atoms with Crippen LogP contribution in [0, 0.1) is 0 Å². The van der Waals surface area contributed by atoms with Crippen molar-refractivity contribution in [1.29, 1.82) is 0 Å². The molecule has 9 nitrogen and oxygen atoms in total. The van der Waals surface area contributed by atoms with Crippen molar-refractivity contribution in [3.63, 3.8) is 0 Å². The van der Waals surface area contributed by atoms with E-state index in [0.29, 0.717) is 0 Å². The van der Waals surface area contributed by atoms with Gasteiger partial charge in [0.15, 0.2) is 0 Å². The molecule has 0 atom stereocenters. The van der Waals surface area contributed by atoms with Gasteiger partial charge in [0.05, 0.1) is 7.11 Å². The SMILES string of the molecule is C.C.COC(=O)n1ccnc1.O=C(n1ccnc1)n1ccnc1. The Morgan fingerprint density at radius 3 is 1.48 bits per heavy atom. The Morgan fingerprint density at radius 1 is 0.783 bits per heavy atom. The summed E-state index contributed by atoms with van der Waals surface area (Å²) in [5.74, 6) is 0. The maximum Gasteiger partial charge on any atom is 0.418 e. The van der Waals surface area contributed by atoms with E-state index in [1.807, 2.05) is 0 Å². The number of methoxy groups -OCH3 is 1. The third kappa shape index (κ3) is 5.23. The fourth-order valence-corrected chi connectivity index (χ4v) is 1.35. The summed E-state index contributed by atoms with van der Waals surface area (Å²) < 4.78 is 8.38. The fourth-order valence-electron chi connectivity index (χ4n) is 1.35. The Kier molecular flexibility index (Phi) is 8.30. The number of aromatic nitrogens is 6. The predicted octanol–water partition coefficient (Wildman–Crippen LogP) is 2.37. The highest BCUT2D eigenvalue weighted by molar-refractivity contribution is 5.78. The molecule has 3 aromatic heterocycles. The van der Waals surface area contributed by atoms with Crippen LogP contribution in [0.1, 0.15) is 14.9 Å². The van der Waals surface area contributed by atoms with E-state index >= 15 is 0 Å². The Morgan fingerprint density at radius 2 is 1.17 bits per heavy atom. The number of hydrogen-bond donors (Lipinski definition) is 0. The summed E-state index contributed by atoms with van der Waals surface area (Å²) in [5, 5.41) is 0. The lowest BCUT2D eigenvalue weighted by Crippen LogP contribution is -2.15. The maximum atomic E-state index is 11.4. The van der Waals surface area contributed by atoms with Gasteiger partial charge in [0.2, 0.25) is 0 Å². The highest BCUT2D eigenvalue weighted by Crippen LogP contribution is 1.92. The van der Waals surface area contributed by atoms with Crippen LogP contribution in [-0.2, 0) is 4.74 Å². The second-order valence-electron chi connectivity index (χ2n) is 3.66. The van der Waals surface area contributed by atoms with Gasteiger partial charge in [-0.05, 0) is 0 Å². The highest BCUT2D eigenvalue weighted by atomic mass is 16.5. The first-order chi connectivity index (χ1) is 10.2. The number of imidazole rings is 3. The quantitative estimate of drug-likeness (QED) is 0.631. The average Bonchev–Trinajstić information content (AvgIpc) is 3.29. The predicted molar refractivity (Wildman–Crippen MR) is 84.1 cm³/mol. The average molecular weight is 320 g/mol. The lowest BCUT2D eigenvalue weighted by molar-refractivity contribution is 0.173. The van der Waals surface area contributed by atoms with E-state index in [1.165, 1.54) is 52.2 Å². The van der Waals surface area contributed by atoms with Gasteiger partial charge in [0, 0.05) is 37.2 Å². The zero-order valence-corrected chi connectivity index (χ0v) is 11.1. The fraction of sp³-hybridized carbons (Fsp3) is 0.214. The van der Waals surface area contributed by atoms with Crippen LogP contribution in [-0.4, -0.2) is 47.9 Å². The standard InChI is InChI=1S/C7H6N4O.C5H6N2O2.2CH4/c12-7(10-3-1-8-5-10)11-4-2-9-6-11;1-9-5(8)7-3-2-6-4-7;;/h1-6H;2-4H,1H3;2*1H4. The Bertz CT molecular complexity index is 638. The third-order valence-electron chi connectivity index (χ3n) is 2.34. The molecular weight excluding hydrogens is 300 g/mol. The molecule has 0 aliphatic rings. The van der Waals surface area contributed by atoms with Gasteiger partial charge in [-0.1, -0.05) is 14.9 Å². The molecule has 0 fully saturated rings. The zero-order valence-electron chi connectivity index (χ0n) is 11.1. The summed E-state index contributed by atoms with van der Waals surface area (Å²) in [6.07, 6.45) is 13.2. The van der Waals surface area contributed by atoms with E-state index in [4.69, 9.17) is 0 Å². The van der Waals surface area contributed by atoms with Crippen molar-refractivity contribution in [2.24, 2.45) is 0 Å². The summed E-state index contributed by atoms with van der Waals surface area (Å²) in [7, 11) is 1.32. The second-order valence-corrected chi connectivity index (χ2v) is 3.66. The summed E-state index contributed by atoms with van der Waals surface area (Å²) in [5.41, 5.74) is 0. The number of ether oxygens (including phenoxy) is 1. The van der Waals surface area contributed by atoms with Gasteiger partial charge < -0.3 is 4.74 Å². The monoisotopic (exact) mass is 320 g/mol. The topological polar surface area (TPSA) is 96.8 Å². The van der Waals surface area contributed by atoms with Crippen molar-refractivity contribution < 1.29 is 14.3 Å². The minimum absolute atomic E-state index is 0. The molecule has 0 unspecified atom stereocenters. The number of rotatable bonds is 0. The number of hydrogen-bond acceptors (Lipinski definition) is 6. The summed E-state index contributed by atoms with van der Waals surface area (Å²) in [6.45, 7) is 0. The van der Waals surface area contributed by atoms with Gasteiger partial charge in [0.1, 0.15) is 19.0 Å². The minimum atomic E-state index is -0.424. The number of nitrogens with zero attached hydrogens (tertiary/aromatic N) is 6. The Balaban J connectivity index is 0.000000401. The molecule has 0 bridgehead atoms. The van der Waals surface area contributed by atoms with Gasteiger partial charge >= 0.3 is 12.1 Å². The molecule has 23 heavy (non-hydrogen) atoms. The molecule has 0 saturated heterocycles. The van der Waals surface area contributed by atoms with Crippen molar-refractivity contribution in [3.05, 3.63) is 56.2 Å². The zero-order chi connectivity index (χ0) is 15.1. The van der Waals surface area contributed by atoms with Crippen LogP contribution in [0.2, 0.25) is 0 Å². The molecule has 3 rings (SSSR count). The first-order valence-corrected chi connectivity index (χ1v) is 5.79. The van der Waals surface area contributed by atoms with Crippen LogP contribution in [0.15, 0.2) is 56.2 Å². The summed E-state index contributed by atoms with van der Waals surface area (Å²) in [6, 6.07) is -0.190. The van der Waals surface area contributed by atoms with Gasteiger partial charge in [-0.15, -0.1) is 0 Å². The lowest BCUT2D eigenvalue weighted by Gasteiger charge is -1.98. The van der Waals surface area contributed by atoms with E-state index in [9.17, 15) is 9.59 Å². The molecule has 0 amide bonds. The molecule has 3 aromatic rings. The largest absolute Gasteiger partial charge is 0.452 e. The van der Waals surface area contributed by atoms with Gasteiger partial charge in [0.25, 0.3) is 0 Å². The van der Waals surface area contributed by atoms with Crippen molar-refractivity contribution in [2.75, 3.05) is 7.11 Å². The van der Waals surface area contributed by atoms with Gasteiger partial charge in [-0.25, -0.2) is 29.1 Å². The first-order valence-electron chi connectivity index (χ1n) is 5.79. The first kappa shape index (κ1) is 19.8. The van der Waals surface area contributed by atoms with Crippen LogP contribution >= 0.6 is 0 Å². The molecule has 0 radical (unpaired) electrons. The smallest absolute Gasteiger partial charge is 0.418 e. The summed E-state index contributed by atoms with van der Waals surface area (Å²) in [4.78, 5) is 33.2. The summed E-state index contributed by atoms with van der Waals surface area (Å²) >= 11 is 0. The normalized spacial score (nSPS) is 8.74. The van der Waals surface area contributed by atoms with E-state index in [1.54, 1.807) is 24.8 Å². The molecule has 3 heterocycles. The molecule has 0 aliphatic heterocycles. The molecule has 0 aromatic carbocycles. The highest BCUT2D eigenvalue weighted by Gasteiger charge is 2.03. The molecule has 0 N–H and O–H groups in total. The Hall–Kier alpha value is -3.23. The third-order valence-corrected chi connectivity index (χ3v) is 2.34. The molecule has 0 saturated carbocycles. The van der Waals surface area contributed by atoms with Crippen LogP contribution in [0.25, 0.3) is 0 Å². The number of carbonyl (C=O) groups excluding carboxylic acids is 2. The van der Waals surface area contributed by atoms with Crippen LogP contribution in [0.5, 0.6) is 0 Å². The molecule has 9 heteroatoms. The number of carbonyl (C=O) groups is 2. The Labute approximate surface area is 134 Å². The van der Waals surface area contributed by atoms with Crippen LogP contribution in [0.3, 0.4) is 0 Å². The van der Waals surface area contributed by atoms with Gasteiger partial charge in [-0.3, -0.25) is 9.13 Å². The van der Waals surface area contributed by atoms with Crippen molar-refractivity contribution in [3.8, 4) is 0 Å². The molecule has 0 spiro atoms. The molecular formula is C14H20N6O3. The van der Waals surface area contributed by atoms with Crippen LogP contribution < -0.4 is 0 Å². The van der Waals surface area contributed by atoms with Gasteiger partial charge in [-0.2, -0.15) is 0 Å². The second kappa shape index (κ2) is 9.66. The van der Waals surface area contributed by atoms with E-state index in [2.05, 4.69) is 19.7 Å². The van der Waals surface area contributed by atoms with E-state index in [-0.39, 0.29) is 20.9 Å². The van der Waals surface area contributed by atoms with E-state index < -0.39 is 6.09 Å². The lowest BCUT2D eigenvalue weighted by atomic mass is 10.8. The van der Waals surface area contributed by atoms with Crippen molar-refractivity contribution in [1.82, 2.24) is 28.7 Å². The maximum absolute atomic E-state index is 11.4. The molecule has 124 valence electrons. The van der Waals surface area contributed by atoms with Crippen LogP contribution in [0.4, 0.5) is 9.59 Å². The van der Waals surface area contributed by atoms with Crippen molar-refractivity contribution >= 4 is 12.1 Å². The van der Waals surface area contributed by atoms with E-state index in [0.717, 1.165) is 0 Å². The van der Waals surface area contributed by atoms with Crippen molar-refractivity contribution in [2.45, 2.75) is 14.9 Å². The molecule has 0 aliphatic carbocycles.